The lowest BCUT2D eigenvalue weighted by Gasteiger charge is -2.32. The van der Waals surface area contributed by atoms with Crippen LogP contribution in [0.5, 0.6) is 0 Å². The van der Waals surface area contributed by atoms with Crippen molar-refractivity contribution >= 4 is 17.4 Å². The molecule has 126 valence electrons. The fraction of sp³-hybridized carbons (Fsp3) is 0.625. The summed E-state index contributed by atoms with van der Waals surface area (Å²) < 4.78 is 0. The third-order valence-electron chi connectivity index (χ3n) is 4.64. The van der Waals surface area contributed by atoms with Gasteiger partial charge < -0.3 is 26.6 Å². The van der Waals surface area contributed by atoms with Crippen molar-refractivity contribution in [2.75, 3.05) is 10.6 Å². The molecule has 0 bridgehead atoms. The maximum absolute atomic E-state index is 11.6. The van der Waals surface area contributed by atoms with Crippen LogP contribution in [0.3, 0.4) is 0 Å². The molecule has 6 N–H and O–H groups in total. The van der Waals surface area contributed by atoms with E-state index >= 15 is 0 Å². The van der Waals surface area contributed by atoms with Crippen LogP contribution in [-0.4, -0.2) is 45.4 Å². The minimum absolute atomic E-state index is 0.123. The van der Waals surface area contributed by atoms with E-state index in [2.05, 4.69) is 15.6 Å². The molecular formula is C16H24N4O3. The molecule has 7 heteroatoms. The maximum Gasteiger partial charge on any atom is 0.252 e. The van der Waals surface area contributed by atoms with E-state index in [-0.39, 0.29) is 24.3 Å². The molecule has 0 saturated heterocycles. The number of aromatic nitrogens is 1. The summed E-state index contributed by atoms with van der Waals surface area (Å²) in [7, 11) is 0. The predicted octanol–water partition coefficient (Wildman–Crippen LogP) is 0.831. The lowest BCUT2D eigenvalue weighted by Crippen LogP contribution is -2.39. The van der Waals surface area contributed by atoms with Crippen molar-refractivity contribution < 1.29 is 15.0 Å². The molecule has 1 amide bonds. The number of anilines is 2. The van der Waals surface area contributed by atoms with Crippen LogP contribution in [0.2, 0.25) is 0 Å². The van der Waals surface area contributed by atoms with Gasteiger partial charge in [0.25, 0.3) is 5.91 Å². The zero-order chi connectivity index (χ0) is 16.4. The Hall–Kier alpha value is -1.86. The molecule has 0 aromatic carbocycles. The highest BCUT2D eigenvalue weighted by Gasteiger charge is 2.27. The molecule has 2 aliphatic carbocycles. The molecule has 0 aliphatic heterocycles. The highest BCUT2D eigenvalue weighted by Crippen LogP contribution is 2.28. The quantitative estimate of drug-likeness (QED) is 0.548. The van der Waals surface area contributed by atoms with E-state index in [1.54, 1.807) is 6.07 Å². The van der Waals surface area contributed by atoms with Gasteiger partial charge in [-0.15, -0.1) is 0 Å². The SMILES string of the molecule is NC(=O)c1cnc(NC2CC(O)C2)cc1NC1CCCC(O)C1. The van der Waals surface area contributed by atoms with Crippen molar-refractivity contribution in [2.45, 2.75) is 62.8 Å². The van der Waals surface area contributed by atoms with Crippen molar-refractivity contribution in [3.8, 4) is 0 Å². The van der Waals surface area contributed by atoms with Crippen LogP contribution in [0.25, 0.3) is 0 Å². The first kappa shape index (κ1) is 16.0. The van der Waals surface area contributed by atoms with Gasteiger partial charge in [0.05, 0.1) is 23.5 Å². The summed E-state index contributed by atoms with van der Waals surface area (Å²) in [6.45, 7) is 0. The number of carbonyl (C=O) groups is 1. The Morgan fingerprint density at radius 3 is 2.52 bits per heavy atom. The maximum atomic E-state index is 11.6. The highest BCUT2D eigenvalue weighted by atomic mass is 16.3. The van der Waals surface area contributed by atoms with Crippen LogP contribution in [0.15, 0.2) is 12.3 Å². The van der Waals surface area contributed by atoms with E-state index in [1.807, 2.05) is 0 Å². The number of hydrogen-bond donors (Lipinski definition) is 5. The number of nitrogens with one attached hydrogen (secondary N) is 2. The molecule has 0 radical (unpaired) electrons. The standard InChI is InChI=1S/C16H24N4O3/c17-16(23)13-8-18-15(20-10-5-12(22)6-10)7-14(13)19-9-2-1-3-11(21)4-9/h7-12,21-22H,1-6H2,(H2,17,23)(H2,18,19,20). The number of carbonyl (C=O) groups excluding carboxylic acids is 1. The van der Waals surface area contributed by atoms with Gasteiger partial charge in [0.1, 0.15) is 5.82 Å². The number of amides is 1. The van der Waals surface area contributed by atoms with Crippen LogP contribution >= 0.6 is 0 Å². The van der Waals surface area contributed by atoms with Crippen molar-refractivity contribution in [3.63, 3.8) is 0 Å². The number of aliphatic hydroxyl groups is 2. The molecule has 2 atom stereocenters. The molecular weight excluding hydrogens is 296 g/mol. The van der Waals surface area contributed by atoms with Gasteiger partial charge in [-0.05, 0) is 38.5 Å². The first-order valence-corrected chi connectivity index (χ1v) is 8.20. The second-order valence-corrected chi connectivity index (χ2v) is 6.61. The summed E-state index contributed by atoms with van der Waals surface area (Å²) >= 11 is 0. The third kappa shape index (κ3) is 3.92. The fourth-order valence-electron chi connectivity index (χ4n) is 3.28. The Balaban J connectivity index is 1.73. The average Bonchev–Trinajstić information content (AvgIpc) is 2.45. The van der Waals surface area contributed by atoms with E-state index < -0.39 is 5.91 Å². The van der Waals surface area contributed by atoms with Gasteiger partial charge in [-0.25, -0.2) is 4.98 Å². The second-order valence-electron chi connectivity index (χ2n) is 6.61. The van der Waals surface area contributed by atoms with Gasteiger partial charge in [-0.2, -0.15) is 0 Å². The third-order valence-corrected chi connectivity index (χ3v) is 4.64. The van der Waals surface area contributed by atoms with Gasteiger partial charge in [0, 0.05) is 24.3 Å². The number of aliphatic hydroxyl groups excluding tert-OH is 2. The van der Waals surface area contributed by atoms with Crippen LogP contribution in [-0.2, 0) is 0 Å². The summed E-state index contributed by atoms with van der Waals surface area (Å²) in [5.74, 6) is 0.132. The molecule has 0 spiro atoms. The second kappa shape index (κ2) is 6.72. The van der Waals surface area contributed by atoms with E-state index in [0.717, 1.165) is 19.3 Å². The minimum atomic E-state index is -0.526. The van der Waals surface area contributed by atoms with Gasteiger partial charge in [-0.1, -0.05) is 0 Å². The molecule has 1 heterocycles. The van der Waals surface area contributed by atoms with Crippen molar-refractivity contribution in [2.24, 2.45) is 5.73 Å². The van der Waals surface area contributed by atoms with Crippen molar-refractivity contribution in [3.05, 3.63) is 17.8 Å². The van der Waals surface area contributed by atoms with Crippen LogP contribution < -0.4 is 16.4 Å². The van der Waals surface area contributed by atoms with Crippen LogP contribution in [0.4, 0.5) is 11.5 Å². The number of rotatable bonds is 5. The first-order valence-electron chi connectivity index (χ1n) is 8.20. The van der Waals surface area contributed by atoms with Gasteiger partial charge in [-0.3, -0.25) is 4.79 Å². The highest BCUT2D eigenvalue weighted by molar-refractivity contribution is 5.98. The Kier molecular flexibility index (Phi) is 4.68. The Morgan fingerprint density at radius 1 is 1.13 bits per heavy atom. The zero-order valence-corrected chi connectivity index (χ0v) is 13.0. The largest absolute Gasteiger partial charge is 0.393 e. The summed E-state index contributed by atoms with van der Waals surface area (Å²) in [4.78, 5) is 15.8. The number of nitrogens with two attached hydrogens (primary N) is 1. The molecule has 23 heavy (non-hydrogen) atoms. The Morgan fingerprint density at radius 2 is 1.87 bits per heavy atom. The van der Waals surface area contributed by atoms with E-state index in [0.29, 0.717) is 36.3 Å². The topological polar surface area (TPSA) is 121 Å². The number of primary amides is 1. The monoisotopic (exact) mass is 320 g/mol. The molecule has 3 rings (SSSR count). The summed E-state index contributed by atoms with van der Waals surface area (Å²) in [6, 6.07) is 2.12. The van der Waals surface area contributed by atoms with Crippen molar-refractivity contribution in [1.29, 1.82) is 0 Å². The summed E-state index contributed by atoms with van der Waals surface area (Å²) in [6.07, 6.45) is 5.75. The summed E-state index contributed by atoms with van der Waals surface area (Å²) in [5.41, 5.74) is 6.43. The lowest BCUT2D eigenvalue weighted by molar-refractivity contribution is 0.0835. The molecule has 2 saturated carbocycles. The first-order chi connectivity index (χ1) is 11.0. The molecule has 1 aromatic rings. The molecule has 1 aromatic heterocycles. The molecule has 2 fully saturated rings. The molecule has 2 unspecified atom stereocenters. The van der Waals surface area contributed by atoms with Crippen LogP contribution in [0.1, 0.15) is 48.9 Å². The Bertz CT molecular complexity index is 574. The van der Waals surface area contributed by atoms with Crippen molar-refractivity contribution in [1.82, 2.24) is 4.98 Å². The number of nitrogens with zero attached hydrogens (tertiary/aromatic N) is 1. The normalized spacial score (nSPS) is 30.3. The van der Waals surface area contributed by atoms with Gasteiger partial charge in [0.2, 0.25) is 0 Å². The average molecular weight is 320 g/mol. The van der Waals surface area contributed by atoms with Gasteiger partial charge >= 0.3 is 0 Å². The summed E-state index contributed by atoms with van der Waals surface area (Å²) in [5, 5.41) is 25.7. The number of hydrogen-bond acceptors (Lipinski definition) is 6. The predicted molar refractivity (Wildman–Crippen MR) is 87.3 cm³/mol. The van der Waals surface area contributed by atoms with Crippen LogP contribution in [0, 0.1) is 0 Å². The fourth-order valence-corrected chi connectivity index (χ4v) is 3.28. The lowest BCUT2D eigenvalue weighted by atomic mass is 9.89. The van der Waals surface area contributed by atoms with E-state index in [1.165, 1.54) is 6.20 Å². The zero-order valence-electron chi connectivity index (χ0n) is 13.0. The van der Waals surface area contributed by atoms with E-state index in [4.69, 9.17) is 5.73 Å². The smallest absolute Gasteiger partial charge is 0.252 e. The molecule has 7 nitrogen and oxygen atoms in total. The molecule has 2 aliphatic rings. The van der Waals surface area contributed by atoms with E-state index in [9.17, 15) is 15.0 Å². The number of pyridine rings is 1. The Labute approximate surface area is 135 Å². The van der Waals surface area contributed by atoms with Gasteiger partial charge in [0.15, 0.2) is 0 Å². The minimum Gasteiger partial charge on any atom is -0.393 e.